The highest BCUT2D eigenvalue weighted by molar-refractivity contribution is 5.93. The zero-order valence-electron chi connectivity index (χ0n) is 22.1. The molecular weight excluding hydrogens is 469 g/mol. The fourth-order valence-electron chi connectivity index (χ4n) is 5.59. The average molecular weight is 508 g/mol. The molecule has 2 fully saturated rings. The first-order valence-corrected chi connectivity index (χ1v) is 13.5. The Labute approximate surface area is 219 Å². The summed E-state index contributed by atoms with van der Waals surface area (Å²) in [6, 6.07) is 11.4. The number of amides is 2. The molecule has 0 aromatic heterocycles. The van der Waals surface area contributed by atoms with Crippen LogP contribution in [0.25, 0.3) is 11.1 Å². The highest BCUT2D eigenvalue weighted by Gasteiger charge is 2.33. The van der Waals surface area contributed by atoms with Gasteiger partial charge < -0.3 is 15.5 Å². The SMILES string of the molecule is CC(=O)N1CCC[C@@H](CC(=O)C(NC(=O)C2CCCN2)c2ccc(C(C)C)c(F)c2-c2ccccc2)C1. The van der Waals surface area contributed by atoms with Gasteiger partial charge in [-0.15, -0.1) is 0 Å². The molecule has 0 aliphatic carbocycles. The zero-order valence-corrected chi connectivity index (χ0v) is 22.1. The van der Waals surface area contributed by atoms with Crippen LogP contribution in [0.2, 0.25) is 0 Å². The highest BCUT2D eigenvalue weighted by atomic mass is 19.1. The molecule has 2 aromatic carbocycles. The number of carbonyl (C=O) groups is 3. The number of rotatable bonds is 8. The fourth-order valence-corrected chi connectivity index (χ4v) is 5.59. The highest BCUT2D eigenvalue weighted by Crippen LogP contribution is 2.36. The Morgan fingerprint density at radius 3 is 2.43 bits per heavy atom. The van der Waals surface area contributed by atoms with Crippen molar-refractivity contribution in [3.05, 3.63) is 59.4 Å². The normalized spacial score (nSPS) is 20.6. The molecule has 2 N–H and O–H groups in total. The minimum absolute atomic E-state index is 0.00650. The summed E-state index contributed by atoms with van der Waals surface area (Å²) in [7, 11) is 0. The molecule has 2 amide bonds. The fraction of sp³-hybridized carbons (Fsp3) is 0.500. The Balaban J connectivity index is 1.73. The molecule has 2 saturated heterocycles. The maximum Gasteiger partial charge on any atom is 0.237 e. The molecule has 2 unspecified atom stereocenters. The largest absolute Gasteiger partial charge is 0.343 e. The number of hydrogen-bond acceptors (Lipinski definition) is 4. The maximum atomic E-state index is 16.0. The lowest BCUT2D eigenvalue weighted by Crippen LogP contribution is -2.45. The van der Waals surface area contributed by atoms with Crippen LogP contribution in [0.15, 0.2) is 42.5 Å². The van der Waals surface area contributed by atoms with Crippen molar-refractivity contribution in [2.24, 2.45) is 5.92 Å². The number of Topliss-reactive ketones (excluding diaryl/α,β-unsaturated/α-hetero) is 1. The summed E-state index contributed by atoms with van der Waals surface area (Å²) in [4.78, 5) is 40.8. The van der Waals surface area contributed by atoms with Crippen molar-refractivity contribution in [2.75, 3.05) is 19.6 Å². The smallest absolute Gasteiger partial charge is 0.237 e. The zero-order chi connectivity index (χ0) is 26.5. The van der Waals surface area contributed by atoms with Crippen molar-refractivity contribution in [3.63, 3.8) is 0 Å². The summed E-state index contributed by atoms with van der Waals surface area (Å²) >= 11 is 0. The summed E-state index contributed by atoms with van der Waals surface area (Å²) in [5, 5.41) is 6.18. The van der Waals surface area contributed by atoms with Crippen LogP contribution in [0.5, 0.6) is 0 Å². The van der Waals surface area contributed by atoms with Gasteiger partial charge in [-0.25, -0.2) is 4.39 Å². The van der Waals surface area contributed by atoms with Crippen molar-refractivity contribution in [1.29, 1.82) is 0 Å². The topological polar surface area (TPSA) is 78.5 Å². The Morgan fingerprint density at radius 2 is 1.78 bits per heavy atom. The predicted octanol–water partition coefficient (Wildman–Crippen LogP) is 4.74. The second kappa shape index (κ2) is 12.0. The first kappa shape index (κ1) is 27.0. The predicted molar refractivity (Wildman–Crippen MR) is 142 cm³/mol. The van der Waals surface area contributed by atoms with E-state index in [9.17, 15) is 14.4 Å². The number of carbonyl (C=O) groups excluding carboxylic acids is 3. The first-order valence-electron chi connectivity index (χ1n) is 13.5. The van der Waals surface area contributed by atoms with Crippen molar-refractivity contribution in [1.82, 2.24) is 15.5 Å². The van der Waals surface area contributed by atoms with E-state index in [2.05, 4.69) is 10.6 Å². The van der Waals surface area contributed by atoms with Gasteiger partial charge in [-0.2, -0.15) is 0 Å². The van der Waals surface area contributed by atoms with Crippen molar-refractivity contribution >= 4 is 17.6 Å². The minimum Gasteiger partial charge on any atom is -0.343 e. The van der Waals surface area contributed by atoms with Gasteiger partial charge in [-0.05, 0) is 60.8 Å². The molecule has 0 radical (unpaired) electrons. The monoisotopic (exact) mass is 507 g/mol. The van der Waals surface area contributed by atoms with E-state index in [1.165, 1.54) is 0 Å². The molecule has 2 aromatic rings. The van der Waals surface area contributed by atoms with Gasteiger partial charge in [0.1, 0.15) is 11.9 Å². The van der Waals surface area contributed by atoms with Crippen LogP contribution in [0.3, 0.4) is 0 Å². The number of benzene rings is 2. The van der Waals surface area contributed by atoms with Crippen molar-refractivity contribution in [3.8, 4) is 11.1 Å². The van der Waals surface area contributed by atoms with E-state index in [1.54, 1.807) is 24.0 Å². The van der Waals surface area contributed by atoms with Gasteiger partial charge in [0.2, 0.25) is 11.8 Å². The minimum atomic E-state index is -0.978. The first-order chi connectivity index (χ1) is 17.8. The number of piperidine rings is 1. The lowest BCUT2D eigenvalue weighted by Gasteiger charge is -2.33. The molecular formula is C30H38FN3O3. The molecule has 198 valence electrons. The number of likely N-dealkylation sites (tertiary alicyclic amines) is 1. The van der Waals surface area contributed by atoms with E-state index < -0.39 is 6.04 Å². The molecule has 2 heterocycles. The Morgan fingerprint density at radius 1 is 1.05 bits per heavy atom. The van der Waals surface area contributed by atoms with Gasteiger partial charge >= 0.3 is 0 Å². The molecule has 0 bridgehead atoms. The second-order valence-electron chi connectivity index (χ2n) is 10.7. The van der Waals surface area contributed by atoms with Crippen LogP contribution >= 0.6 is 0 Å². The van der Waals surface area contributed by atoms with Gasteiger partial charge in [0.05, 0.1) is 6.04 Å². The summed E-state index contributed by atoms with van der Waals surface area (Å²) in [6.45, 7) is 7.41. The summed E-state index contributed by atoms with van der Waals surface area (Å²) in [5.41, 5.74) is 2.08. The average Bonchev–Trinajstić information content (AvgIpc) is 3.43. The Hall–Kier alpha value is -3.06. The number of ketones is 1. The van der Waals surface area contributed by atoms with Gasteiger partial charge in [0, 0.05) is 32.0 Å². The maximum absolute atomic E-state index is 16.0. The van der Waals surface area contributed by atoms with Crippen LogP contribution in [0, 0.1) is 11.7 Å². The Bertz CT molecular complexity index is 1130. The quantitative estimate of drug-likeness (QED) is 0.541. The summed E-state index contributed by atoms with van der Waals surface area (Å²) < 4.78 is 16.0. The molecule has 0 saturated carbocycles. The number of nitrogens with zero attached hydrogens (tertiary/aromatic N) is 1. The van der Waals surface area contributed by atoms with Crippen LogP contribution < -0.4 is 10.6 Å². The van der Waals surface area contributed by atoms with E-state index in [0.717, 1.165) is 25.8 Å². The van der Waals surface area contributed by atoms with E-state index in [0.29, 0.717) is 41.8 Å². The number of halogens is 1. The van der Waals surface area contributed by atoms with E-state index in [4.69, 9.17) is 0 Å². The lowest BCUT2D eigenvalue weighted by molar-refractivity contribution is -0.132. The molecule has 3 atom stereocenters. The second-order valence-corrected chi connectivity index (χ2v) is 10.7. The Kier molecular flexibility index (Phi) is 8.75. The van der Waals surface area contributed by atoms with Crippen molar-refractivity contribution in [2.45, 2.75) is 70.9 Å². The van der Waals surface area contributed by atoms with Crippen LogP contribution in [-0.2, 0) is 14.4 Å². The van der Waals surface area contributed by atoms with Gasteiger partial charge in [-0.1, -0.05) is 56.3 Å². The van der Waals surface area contributed by atoms with E-state index in [1.807, 2.05) is 44.2 Å². The third-order valence-electron chi connectivity index (χ3n) is 7.64. The van der Waals surface area contributed by atoms with Gasteiger partial charge in [0.15, 0.2) is 5.78 Å². The lowest BCUT2D eigenvalue weighted by atomic mass is 9.84. The summed E-state index contributed by atoms with van der Waals surface area (Å²) in [5.74, 6) is -0.776. The standard InChI is InChI=1S/C30H38FN3O3/c1-19(2)23-13-14-24(27(28(23)31)22-10-5-4-6-11-22)29(33-30(37)25-12-7-15-32-25)26(36)17-21-9-8-16-34(18-21)20(3)35/h4-6,10-11,13-14,19,21,25,29,32H,7-9,12,15-18H2,1-3H3,(H,33,37)/t21-,25?,29?/m0/s1. The van der Waals surface area contributed by atoms with Crippen molar-refractivity contribution < 1.29 is 18.8 Å². The third kappa shape index (κ3) is 6.27. The molecule has 6 nitrogen and oxygen atoms in total. The molecule has 7 heteroatoms. The molecule has 2 aliphatic rings. The van der Waals surface area contributed by atoms with E-state index in [-0.39, 0.29) is 47.7 Å². The number of nitrogens with one attached hydrogen (secondary N) is 2. The van der Waals surface area contributed by atoms with Gasteiger partial charge in [-0.3, -0.25) is 14.4 Å². The number of hydrogen-bond donors (Lipinski definition) is 2. The molecule has 4 rings (SSSR count). The van der Waals surface area contributed by atoms with Gasteiger partial charge in [0.25, 0.3) is 0 Å². The molecule has 0 spiro atoms. The summed E-state index contributed by atoms with van der Waals surface area (Å²) in [6.07, 6.45) is 3.50. The van der Waals surface area contributed by atoms with E-state index >= 15 is 4.39 Å². The molecule has 2 aliphatic heterocycles. The molecule has 37 heavy (non-hydrogen) atoms. The van der Waals surface area contributed by atoms with Crippen LogP contribution in [0.4, 0.5) is 4.39 Å². The van der Waals surface area contributed by atoms with Crippen LogP contribution in [-0.4, -0.2) is 48.2 Å². The van der Waals surface area contributed by atoms with Crippen LogP contribution in [0.1, 0.15) is 76.0 Å². The third-order valence-corrected chi connectivity index (χ3v) is 7.64.